The molecule has 5 heteroatoms. The Hall–Kier alpha value is -5.29. The van der Waals surface area contributed by atoms with Crippen LogP contribution in [0.25, 0.3) is 55.8 Å². The summed E-state index contributed by atoms with van der Waals surface area (Å²) in [6.07, 6.45) is 0. The summed E-state index contributed by atoms with van der Waals surface area (Å²) in [5, 5.41) is 2.38. The number of benzene rings is 5. The van der Waals surface area contributed by atoms with Crippen LogP contribution in [0.5, 0.6) is 11.5 Å². The largest absolute Gasteiger partial charge is 0.457 e. The Morgan fingerprint density at radius 1 is 0.553 bits per heavy atom. The number of rotatable bonds is 4. The van der Waals surface area contributed by atoms with E-state index in [-0.39, 0.29) is 0 Å². The van der Waals surface area contributed by atoms with E-state index in [4.69, 9.17) is 14.1 Å². The highest BCUT2D eigenvalue weighted by Gasteiger charge is 2.24. The van der Waals surface area contributed by atoms with Crippen molar-refractivity contribution in [3.05, 3.63) is 127 Å². The zero-order valence-corrected chi connectivity index (χ0v) is 20.3. The number of hydrogen-bond acceptors (Lipinski definition) is 3. The van der Waals surface area contributed by atoms with Crippen LogP contribution in [-0.2, 0) is 0 Å². The number of aromatic nitrogens is 3. The summed E-state index contributed by atoms with van der Waals surface area (Å²) in [5.41, 5.74) is 5.95. The van der Waals surface area contributed by atoms with Gasteiger partial charge in [0.15, 0.2) is 11.4 Å². The molecule has 8 rings (SSSR count). The Kier molecular flexibility index (Phi) is 4.45. The summed E-state index contributed by atoms with van der Waals surface area (Å²) in [6.45, 7) is 0. The van der Waals surface area contributed by atoms with Crippen molar-refractivity contribution in [2.75, 3.05) is 0 Å². The maximum Gasteiger partial charge on any atom is 0.309 e. The fourth-order valence-corrected chi connectivity index (χ4v) is 5.38. The average Bonchev–Trinajstić information content (AvgIpc) is 3.62. The third-order valence-electron chi connectivity index (χ3n) is 7.03. The Labute approximate surface area is 217 Å². The third kappa shape index (κ3) is 3.09. The molecule has 0 saturated heterocycles. The molecule has 3 heterocycles. The van der Waals surface area contributed by atoms with E-state index in [0.717, 1.165) is 50.7 Å². The van der Waals surface area contributed by atoms with Crippen LogP contribution >= 0.6 is 0 Å². The molecule has 180 valence electrons. The fraction of sp³-hybridized carbons (Fsp3) is 0. The molecule has 3 aromatic heterocycles. The van der Waals surface area contributed by atoms with Crippen LogP contribution < -0.4 is 4.74 Å². The highest BCUT2D eigenvalue weighted by molar-refractivity contribution is 6.09. The second-order valence-electron chi connectivity index (χ2n) is 9.28. The zero-order chi connectivity index (χ0) is 25.1. The number of para-hydroxylation sites is 5. The SMILES string of the molecule is c1ccc(Oc2ccc(-c3c(-n4c5ccccc5c5ccccc54)nc4oc5ccccc5n34)cc2)cc1. The van der Waals surface area contributed by atoms with Gasteiger partial charge in [-0.15, -0.1) is 0 Å². The number of ether oxygens (including phenoxy) is 1. The summed E-state index contributed by atoms with van der Waals surface area (Å²) in [5.74, 6) is 2.96. The van der Waals surface area contributed by atoms with Crippen LogP contribution in [0.4, 0.5) is 0 Å². The van der Waals surface area contributed by atoms with Gasteiger partial charge >= 0.3 is 5.84 Å². The van der Waals surface area contributed by atoms with Gasteiger partial charge in [-0.2, -0.15) is 4.98 Å². The maximum absolute atomic E-state index is 6.23. The Balaban J connectivity index is 1.40. The lowest BCUT2D eigenvalue weighted by Gasteiger charge is -2.10. The van der Waals surface area contributed by atoms with Crippen molar-refractivity contribution in [2.45, 2.75) is 0 Å². The molecule has 0 radical (unpaired) electrons. The predicted molar refractivity (Wildman–Crippen MR) is 151 cm³/mol. The summed E-state index contributed by atoms with van der Waals surface area (Å²) in [7, 11) is 0. The number of imidazole rings is 1. The van der Waals surface area contributed by atoms with Gasteiger partial charge in [0.05, 0.1) is 16.6 Å². The Morgan fingerprint density at radius 3 is 1.84 bits per heavy atom. The van der Waals surface area contributed by atoms with E-state index < -0.39 is 0 Å². The van der Waals surface area contributed by atoms with Crippen LogP contribution in [0.15, 0.2) is 132 Å². The van der Waals surface area contributed by atoms with E-state index in [1.165, 1.54) is 10.8 Å². The molecule has 0 N–H and O–H groups in total. The molecule has 8 aromatic rings. The normalized spacial score (nSPS) is 11.7. The van der Waals surface area contributed by atoms with E-state index in [1.54, 1.807) is 0 Å². The summed E-state index contributed by atoms with van der Waals surface area (Å²) >= 11 is 0. The highest BCUT2D eigenvalue weighted by atomic mass is 16.5. The van der Waals surface area contributed by atoms with E-state index in [2.05, 4.69) is 75.7 Å². The number of oxazole rings is 1. The minimum Gasteiger partial charge on any atom is -0.457 e. The molecule has 0 aliphatic carbocycles. The first-order chi connectivity index (χ1) is 18.8. The molecule has 0 atom stereocenters. The molecule has 0 spiro atoms. The third-order valence-corrected chi connectivity index (χ3v) is 7.03. The van der Waals surface area contributed by atoms with Gasteiger partial charge in [0.25, 0.3) is 0 Å². The zero-order valence-electron chi connectivity index (χ0n) is 20.3. The van der Waals surface area contributed by atoms with Crippen molar-refractivity contribution < 1.29 is 9.15 Å². The molecule has 0 bridgehead atoms. The van der Waals surface area contributed by atoms with Crippen LogP contribution in [0.3, 0.4) is 0 Å². The van der Waals surface area contributed by atoms with Gasteiger partial charge in [-0.05, 0) is 60.7 Å². The summed E-state index contributed by atoms with van der Waals surface area (Å²) < 4.78 is 16.7. The maximum atomic E-state index is 6.23. The van der Waals surface area contributed by atoms with Gasteiger partial charge in [0.1, 0.15) is 17.2 Å². The Morgan fingerprint density at radius 2 is 1.13 bits per heavy atom. The molecule has 5 nitrogen and oxygen atoms in total. The minimum absolute atomic E-state index is 0.558. The van der Waals surface area contributed by atoms with Gasteiger partial charge < -0.3 is 9.15 Å². The van der Waals surface area contributed by atoms with Gasteiger partial charge in [0, 0.05) is 16.3 Å². The van der Waals surface area contributed by atoms with Gasteiger partial charge in [-0.25, -0.2) is 0 Å². The summed E-state index contributed by atoms with van der Waals surface area (Å²) in [6, 6.07) is 43.0. The summed E-state index contributed by atoms with van der Waals surface area (Å²) in [4.78, 5) is 5.09. The van der Waals surface area contributed by atoms with Crippen molar-refractivity contribution in [2.24, 2.45) is 0 Å². The van der Waals surface area contributed by atoms with Crippen molar-refractivity contribution in [3.8, 4) is 28.6 Å². The lowest BCUT2D eigenvalue weighted by Crippen LogP contribution is -1.98. The number of hydrogen-bond donors (Lipinski definition) is 0. The molecule has 0 saturated carbocycles. The predicted octanol–water partition coefficient (Wildman–Crippen LogP) is 8.64. The van der Waals surface area contributed by atoms with Gasteiger partial charge in [0.2, 0.25) is 0 Å². The lowest BCUT2D eigenvalue weighted by atomic mass is 10.1. The Bertz CT molecular complexity index is 2040. The van der Waals surface area contributed by atoms with Gasteiger partial charge in [-0.1, -0.05) is 66.7 Å². The van der Waals surface area contributed by atoms with Gasteiger partial charge in [-0.3, -0.25) is 8.97 Å². The molecular weight excluding hydrogens is 470 g/mol. The minimum atomic E-state index is 0.558. The second kappa shape index (κ2) is 8.11. The molecule has 38 heavy (non-hydrogen) atoms. The average molecular weight is 492 g/mol. The topological polar surface area (TPSA) is 44.6 Å². The monoisotopic (exact) mass is 491 g/mol. The van der Waals surface area contributed by atoms with Crippen molar-refractivity contribution in [1.29, 1.82) is 0 Å². The quantitative estimate of drug-likeness (QED) is 0.247. The second-order valence-corrected chi connectivity index (χ2v) is 9.28. The smallest absolute Gasteiger partial charge is 0.309 e. The van der Waals surface area contributed by atoms with E-state index >= 15 is 0 Å². The van der Waals surface area contributed by atoms with Crippen molar-refractivity contribution in [1.82, 2.24) is 14.0 Å². The molecule has 5 aromatic carbocycles. The standard InChI is InChI=1S/C33H21N3O2/c1-2-10-23(11-3-1)37-24-20-18-22(19-21-24)31-32(34-33-36(31)29-16-8-9-17-30(29)38-33)35-27-14-6-4-12-25(27)26-13-5-7-15-28(26)35/h1-21H. The van der Waals surface area contributed by atoms with Crippen LogP contribution in [0, 0.1) is 0 Å². The molecule has 0 amide bonds. The molecule has 0 fully saturated rings. The number of fused-ring (bicyclic) bond motifs is 6. The van der Waals surface area contributed by atoms with Crippen LogP contribution in [0.1, 0.15) is 0 Å². The molecule has 0 aliphatic rings. The van der Waals surface area contributed by atoms with E-state index in [9.17, 15) is 0 Å². The fourth-order valence-electron chi connectivity index (χ4n) is 5.38. The van der Waals surface area contributed by atoms with Crippen molar-refractivity contribution in [3.63, 3.8) is 0 Å². The molecule has 0 unspecified atom stereocenters. The van der Waals surface area contributed by atoms with Crippen molar-refractivity contribution >= 4 is 38.7 Å². The van der Waals surface area contributed by atoms with E-state index in [0.29, 0.717) is 5.84 Å². The first-order valence-electron chi connectivity index (χ1n) is 12.6. The first-order valence-corrected chi connectivity index (χ1v) is 12.6. The van der Waals surface area contributed by atoms with E-state index in [1.807, 2.05) is 60.7 Å². The molecule has 0 aliphatic heterocycles. The first kappa shape index (κ1) is 20.9. The lowest BCUT2D eigenvalue weighted by molar-refractivity contribution is 0.483. The number of nitrogens with zero attached hydrogens (tertiary/aromatic N) is 3. The van der Waals surface area contributed by atoms with Crippen LogP contribution in [-0.4, -0.2) is 14.0 Å². The highest BCUT2D eigenvalue weighted by Crippen LogP contribution is 2.38. The molecular formula is C33H21N3O2. The van der Waals surface area contributed by atoms with Crippen LogP contribution in [0.2, 0.25) is 0 Å².